The number of pyridine rings is 4. The molecule has 6 aromatic rings. The number of hydrogen-bond acceptors (Lipinski definition) is 14. The van der Waals surface area contributed by atoms with Gasteiger partial charge in [0.2, 0.25) is 0 Å². The zero-order chi connectivity index (χ0) is 92.3. The second-order valence-electron chi connectivity index (χ2n) is 37.5. The maximum atomic E-state index is 13.5. The molecule has 0 radical (unpaired) electrons. The molecule has 1 unspecified atom stereocenters. The van der Waals surface area contributed by atoms with Crippen LogP contribution in [0, 0.1) is 56.3 Å². The number of nitrogens with one attached hydrogen (secondary N) is 1. The summed E-state index contributed by atoms with van der Waals surface area (Å²) in [6.07, 6.45) is -1.18. The topological polar surface area (TPSA) is 244 Å². The number of aromatic nitrogens is 4. The van der Waals surface area contributed by atoms with Crippen LogP contribution in [0.4, 0.5) is 31.1 Å². The molecule has 125 heavy (non-hydrogen) atoms. The maximum absolute atomic E-state index is 13.5. The van der Waals surface area contributed by atoms with Crippen molar-refractivity contribution in [3.8, 4) is 23.0 Å². The van der Waals surface area contributed by atoms with Crippen LogP contribution in [0.25, 0.3) is 22.3 Å². The molecule has 19 nitrogen and oxygen atoms in total. The zero-order valence-electron chi connectivity index (χ0n) is 76.2. The van der Waals surface area contributed by atoms with Crippen LogP contribution in [0.3, 0.4) is 0 Å². The Kier molecular flexibility index (Phi) is 38.0. The third-order valence-corrected chi connectivity index (χ3v) is 24.0. The number of alkyl halides is 8. The van der Waals surface area contributed by atoms with E-state index in [1.165, 1.54) is 7.11 Å². The van der Waals surface area contributed by atoms with Crippen LogP contribution in [-0.2, 0) is 21.9 Å². The van der Waals surface area contributed by atoms with Gasteiger partial charge in [-0.25, -0.2) is 4.79 Å². The number of halogens is 8. The molecule has 1 amide bonds. The van der Waals surface area contributed by atoms with Crippen molar-refractivity contribution in [3.63, 3.8) is 0 Å². The summed E-state index contributed by atoms with van der Waals surface area (Å²) in [4.78, 5) is 26.2. The summed E-state index contributed by atoms with van der Waals surface area (Å²) >= 11 is 9.53. The minimum Gasteiger partial charge on any atom is -0.618 e. The molecule has 11 rings (SSSR count). The lowest BCUT2D eigenvalue weighted by atomic mass is 9.73. The highest BCUT2D eigenvalue weighted by Gasteiger charge is 2.45. The highest BCUT2D eigenvalue weighted by molar-refractivity contribution is 6.40. The monoisotopic (exact) mass is 1790 g/mol. The number of benzene rings is 2. The second-order valence-corrected chi connectivity index (χ2v) is 38.3. The van der Waals surface area contributed by atoms with Crippen molar-refractivity contribution in [1.29, 1.82) is 0 Å². The predicted molar refractivity (Wildman–Crippen MR) is 486 cm³/mol. The van der Waals surface area contributed by atoms with Gasteiger partial charge in [0.1, 0.15) is 12.4 Å². The van der Waals surface area contributed by atoms with Gasteiger partial charge in [-0.15, -0.1) is 23.2 Å². The fraction of sp³-hybridized carbons (Fsp3) is 0.571. The summed E-state index contributed by atoms with van der Waals surface area (Å²) in [6, 6.07) is 20.9. The SMILES string of the molecule is C.C.COc1ccc(C(C)C)[n+]([O-])c1C1=C(C=O)CC(C)(C)CC1.COc1ccc(C(C)C)[n+]([O-])c1C1=C(CN2C(=O)O[C@H](c3cc(C)cc(C(F)(F)F)c3)[C@@H]2C)CC(C)(C)CC1.COc1ccc(C(C)C)[n+]([O-])c1C1=C(CN[C@@H](C)C(O)c2cc(C)cc(C(F)(F)F)c2)CC(C)(C)CC1.COc1ccc(C(C)C)[n+]([O-])c1C1=C(CO)CC(C)(C)CC1.ClCCl. The predicted octanol–water partition coefficient (Wildman–Crippen LogP) is 23.5. The molecule has 4 aromatic heterocycles. The Balaban J connectivity index is 0.000000300. The van der Waals surface area contributed by atoms with Crippen LogP contribution < -0.4 is 43.2 Å². The maximum Gasteiger partial charge on any atom is 0.416 e. The molecule has 5 heterocycles. The summed E-state index contributed by atoms with van der Waals surface area (Å²) in [7, 11) is 6.22. The van der Waals surface area contributed by atoms with E-state index >= 15 is 0 Å². The molecule has 0 saturated carbocycles. The van der Waals surface area contributed by atoms with E-state index in [9.17, 15) is 67.0 Å². The molecule has 0 spiro atoms. The van der Waals surface area contributed by atoms with Crippen molar-refractivity contribution in [2.45, 2.75) is 291 Å². The van der Waals surface area contributed by atoms with E-state index in [1.807, 2.05) is 85.7 Å². The Labute approximate surface area is 748 Å². The first kappa shape index (κ1) is 107. The molecule has 3 N–H and O–H groups in total. The molecule has 5 aliphatic rings. The van der Waals surface area contributed by atoms with Crippen LogP contribution in [0.1, 0.15) is 331 Å². The average molecular weight is 1790 g/mol. The van der Waals surface area contributed by atoms with Gasteiger partial charge in [-0.05, 0) is 203 Å². The number of hydrogen-bond donors (Lipinski definition) is 3. The van der Waals surface area contributed by atoms with Gasteiger partial charge >= 0.3 is 18.4 Å². The highest BCUT2D eigenvalue weighted by atomic mass is 35.5. The number of aldehydes is 1. The summed E-state index contributed by atoms with van der Waals surface area (Å²) in [5.41, 5.74) is 12.1. The average Bonchev–Trinajstić information content (AvgIpc) is 1.76. The number of amides is 1. The van der Waals surface area contributed by atoms with Gasteiger partial charge in [0.25, 0.3) is 22.8 Å². The van der Waals surface area contributed by atoms with Crippen LogP contribution in [0.2, 0.25) is 0 Å². The minimum absolute atomic E-state index is 0. The van der Waals surface area contributed by atoms with Crippen molar-refractivity contribution in [1.82, 2.24) is 10.2 Å². The van der Waals surface area contributed by atoms with Crippen molar-refractivity contribution >= 4 is 57.9 Å². The molecule has 27 heteroatoms. The smallest absolute Gasteiger partial charge is 0.416 e. The third-order valence-electron chi connectivity index (χ3n) is 24.0. The van der Waals surface area contributed by atoms with Crippen LogP contribution in [0.15, 0.2) is 107 Å². The van der Waals surface area contributed by atoms with Crippen molar-refractivity contribution in [3.05, 3.63) is 207 Å². The third kappa shape index (κ3) is 26.5. The number of rotatable bonds is 22. The molecular formula is C98H138Cl2F6N6O13. The van der Waals surface area contributed by atoms with Gasteiger partial charge in [-0.2, -0.15) is 45.3 Å². The normalized spacial score (nSPS) is 18.4. The summed E-state index contributed by atoms with van der Waals surface area (Å²) in [5, 5.41) is 76.8. The van der Waals surface area contributed by atoms with E-state index in [1.54, 1.807) is 84.3 Å². The molecule has 2 aromatic carbocycles. The molecule has 0 bridgehead atoms. The molecule has 4 atom stereocenters. The molecule has 4 aliphatic carbocycles. The first-order valence-corrected chi connectivity index (χ1v) is 43.4. The lowest BCUT2D eigenvalue weighted by Gasteiger charge is -2.35. The molecule has 1 aliphatic heterocycles. The van der Waals surface area contributed by atoms with Gasteiger partial charge in [0, 0.05) is 94.9 Å². The van der Waals surface area contributed by atoms with Crippen LogP contribution >= 0.6 is 23.2 Å². The summed E-state index contributed by atoms with van der Waals surface area (Å²) in [6.45, 7) is 40.5. The Bertz CT molecular complexity index is 4850. The van der Waals surface area contributed by atoms with Gasteiger partial charge in [0.15, 0.2) is 45.8 Å². The van der Waals surface area contributed by atoms with Gasteiger partial charge in [0.05, 0.1) is 63.7 Å². The fourth-order valence-electron chi connectivity index (χ4n) is 17.2. The number of carbonyl (C=O) groups is 2. The van der Waals surface area contributed by atoms with E-state index in [2.05, 4.69) is 60.7 Å². The number of allylic oxidation sites excluding steroid dienone is 5. The number of methoxy groups -OCH3 is 4. The number of aliphatic hydroxyl groups is 2. The number of aliphatic hydroxyl groups excluding tert-OH is 2. The van der Waals surface area contributed by atoms with Crippen LogP contribution in [0.5, 0.6) is 23.0 Å². The van der Waals surface area contributed by atoms with E-state index < -0.39 is 53.9 Å². The summed E-state index contributed by atoms with van der Waals surface area (Å²) < 4.78 is 112. The largest absolute Gasteiger partial charge is 0.618 e. The van der Waals surface area contributed by atoms with Gasteiger partial charge in [-0.3, -0.25) is 9.69 Å². The number of aryl methyl sites for hydroxylation is 2. The first-order valence-electron chi connectivity index (χ1n) is 42.3. The first-order chi connectivity index (χ1) is 57.3. The van der Waals surface area contributed by atoms with Crippen molar-refractivity contribution < 1.29 is 88.8 Å². The lowest BCUT2D eigenvalue weighted by molar-refractivity contribution is -0.618. The molecule has 1 fully saturated rings. The van der Waals surface area contributed by atoms with Crippen molar-refractivity contribution in [2.24, 2.45) is 21.7 Å². The van der Waals surface area contributed by atoms with E-state index in [-0.39, 0.29) is 84.2 Å². The molecule has 694 valence electrons. The number of carbonyl (C=O) groups excluding carboxylic acids is 2. The molecule has 1 saturated heterocycles. The number of nitrogens with zero attached hydrogens (tertiary/aromatic N) is 5. The zero-order valence-corrected chi connectivity index (χ0v) is 77.7. The standard InChI is InChI=1S/C30H37F3N2O4.C29H39F3N2O3.C18H27NO3.C18H25NO3.CH2Cl2.2CH4/c1-17(2)24-8-9-25(38-7)26(35(24)37)23-10-11-29(5,6)15-21(23)16-34-19(4)27(39-28(34)36)20-12-18(3)13-22(14-20)30(31,32)33;1-17(2)24-8-9-25(37-7)26(34(24)36)23-10-11-28(5,6)15-21(23)16-33-19(4)27(35)20-12-18(3)13-22(14-20)29(30,31)32;2*1-12(2)15-6-7-16(22-5)17(19(15)21)14-8-9-18(3,4)10-13(14)11-20;2-1-3;;/h8-9,12-14,17,19,27H,10-11,15-16H2,1-7H3;8-9,12-14,17,19,27,33,35H,10-11,15-16H2,1-7H3;6-7,12,20H,8-11H2,1-5H3;6-7,11-12H,8-10H2,1-5H3;1H2;2*1H4/t19-,27-;19-,27?;;;;;/m00...../s1. The van der Waals surface area contributed by atoms with Gasteiger partial charge in [-0.1, -0.05) is 149 Å². The van der Waals surface area contributed by atoms with E-state index in [4.69, 9.17) is 46.9 Å². The number of ether oxygens (including phenoxy) is 5. The fourth-order valence-corrected chi connectivity index (χ4v) is 17.2. The van der Waals surface area contributed by atoms with Crippen molar-refractivity contribution in [2.75, 3.05) is 53.5 Å². The quantitative estimate of drug-likeness (QED) is 0.0188. The van der Waals surface area contributed by atoms with Gasteiger partial charge < -0.3 is 60.0 Å². The van der Waals surface area contributed by atoms with E-state index in [0.29, 0.717) is 112 Å². The summed E-state index contributed by atoms with van der Waals surface area (Å²) in [5.74, 6) is 2.39. The lowest BCUT2D eigenvalue weighted by Crippen LogP contribution is -2.40. The highest BCUT2D eigenvalue weighted by Crippen LogP contribution is 2.50. The Morgan fingerprint density at radius 3 is 1.22 bits per heavy atom. The minimum atomic E-state index is -4.50. The number of cyclic esters (lactones) is 1. The molecular weight excluding hydrogens is 1650 g/mol. The second kappa shape index (κ2) is 44.4. The Morgan fingerprint density at radius 2 is 0.856 bits per heavy atom. The Hall–Kier alpha value is -8.62. The van der Waals surface area contributed by atoms with Crippen LogP contribution in [-0.4, -0.2) is 93.1 Å². The Morgan fingerprint density at radius 1 is 0.528 bits per heavy atom. The van der Waals surface area contributed by atoms with E-state index in [0.717, 1.165) is 151 Å².